The topological polar surface area (TPSA) is 54.5 Å². The Bertz CT molecular complexity index is 1340. The number of halogens is 1. The fraction of sp³-hybridized carbons (Fsp3) is 0.160. The summed E-state index contributed by atoms with van der Waals surface area (Å²) in [6.07, 6.45) is 2.10. The highest BCUT2D eigenvalue weighted by Crippen LogP contribution is 2.41. The summed E-state index contributed by atoms with van der Waals surface area (Å²) >= 11 is 0. The zero-order valence-electron chi connectivity index (χ0n) is 17.5. The standard InChI is InChI=1S/C25H22FNO3S/c1-4-18-6-5-7-20(13-18)27-15-24(25(28)21-10-8-16(2)12-17(21)3)31(29,30)23-11-9-19(26)14-22(23)27/h5-15H,4H2,1-3H3. The minimum atomic E-state index is -4.13. The average molecular weight is 436 g/mol. The Kier molecular flexibility index (Phi) is 5.27. The van der Waals surface area contributed by atoms with E-state index < -0.39 is 21.4 Å². The molecule has 0 bridgehead atoms. The lowest BCUT2D eigenvalue weighted by Gasteiger charge is -2.29. The number of hydrogen-bond acceptors (Lipinski definition) is 4. The zero-order chi connectivity index (χ0) is 22.3. The highest BCUT2D eigenvalue weighted by Gasteiger charge is 2.36. The van der Waals surface area contributed by atoms with E-state index >= 15 is 0 Å². The second kappa shape index (κ2) is 7.78. The molecule has 4 nitrogen and oxygen atoms in total. The summed E-state index contributed by atoms with van der Waals surface area (Å²) in [5.41, 5.74) is 3.89. The molecule has 0 spiro atoms. The Morgan fingerprint density at radius 1 is 1.00 bits per heavy atom. The van der Waals surface area contributed by atoms with Crippen molar-refractivity contribution in [2.45, 2.75) is 32.1 Å². The number of Topliss-reactive ketones (excluding diaryl/α,β-unsaturated/α-hetero) is 1. The summed E-state index contributed by atoms with van der Waals surface area (Å²) in [5, 5.41) is 0. The van der Waals surface area contributed by atoms with Crippen LogP contribution in [-0.4, -0.2) is 14.2 Å². The van der Waals surface area contributed by atoms with Crippen LogP contribution in [0.2, 0.25) is 0 Å². The maximum absolute atomic E-state index is 14.1. The first kappa shape index (κ1) is 21.0. The molecule has 3 aromatic rings. The second-order valence-corrected chi connectivity index (χ2v) is 9.54. The Labute approximate surface area is 181 Å². The van der Waals surface area contributed by atoms with Gasteiger partial charge in [-0.25, -0.2) is 12.8 Å². The summed E-state index contributed by atoms with van der Waals surface area (Å²) in [7, 11) is -4.13. The van der Waals surface area contributed by atoms with Gasteiger partial charge in [-0.15, -0.1) is 0 Å². The van der Waals surface area contributed by atoms with E-state index in [0.717, 1.165) is 23.6 Å². The van der Waals surface area contributed by atoms with Crippen LogP contribution < -0.4 is 4.90 Å². The molecular formula is C25H22FNO3S. The molecular weight excluding hydrogens is 413 g/mol. The Hall–Kier alpha value is -3.25. The lowest BCUT2D eigenvalue weighted by molar-refractivity contribution is 0.104. The average Bonchev–Trinajstić information content (AvgIpc) is 2.73. The fourth-order valence-corrected chi connectivity index (χ4v) is 5.32. The molecule has 0 N–H and O–H groups in total. The van der Waals surface area contributed by atoms with Gasteiger partial charge in [0.2, 0.25) is 15.6 Å². The molecule has 1 heterocycles. The number of ketones is 1. The van der Waals surface area contributed by atoms with Gasteiger partial charge in [-0.05, 0) is 61.7 Å². The van der Waals surface area contributed by atoms with Gasteiger partial charge in [0.15, 0.2) is 0 Å². The van der Waals surface area contributed by atoms with Gasteiger partial charge >= 0.3 is 0 Å². The van der Waals surface area contributed by atoms with Crippen LogP contribution in [0.4, 0.5) is 15.8 Å². The molecule has 0 atom stereocenters. The van der Waals surface area contributed by atoms with Crippen molar-refractivity contribution in [1.29, 1.82) is 0 Å². The van der Waals surface area contributed by atoms with Gasteiger partial charge in [-0.1, -0.05) is 42.8 Å². The van der Waals surface area contributed by atoms with Gasteiger partial charge in [-0.3, -0.25) is 4.79 Å². The smallest absolute Gasteiger partial charge is 0.214 e. The quantitative estimate of drug-likeness (QED) is 0.392. The molecule has 3 aromatic carbocycles. The van der Waals surface area contributed by atoms with Crippen molar-refractivity contribution in [3.8, 4) is 0 Å². The molecule has 0 amide bonds. The Balaban J connectivity index is 1.95. The summed E-state index contributed by atoms with van der Waals surface area (Å²) in [6, 6.07) is 16.3. The SMILES string of the molecule is CCc1cccc(N2C=C(C(=O)c3ccc(C)cc3C)S(=O)(=O)c3ccc(F)cc32)c1. The molecule has 0 saturated heterocycles. The largest absolute Gasteiger partial charge is 0.314 e. The predicted octanol–water partition coefficient (Wildman–Crippen LogP) is 5.65. The van der Waals surface area contributed by atoms with Gasteiger partial charge in [-0.2, -0.15) is 0 Å². The maximum atomic E-state index is 14.1. The molecule has 31 heavy (non-hydrogen) atoms. The summed E-state index contributed by atoms with van der Waals surface area (Å²) in [5.74, 6) is -1.13. The molecule has 0 radical (unpaired) electrons. The van der Waals surface area contributed by atoms with Gasteiger partial charge < -0.3 is 4.90 Å². The summed E-state index contributed by atoms with van der Waals surface area (Å²) in [6.45, 7) is 5.70. The molecule has 1 aliphatic heterocycles. The number of fused-ring (bicyclic) bond motifs is 1. The predicted molar refractivity (Wildman–Crippen MR) is 120 cm³/mol. The lowest BCUT2D eigenvalue weighted by Crippen LogP contribution is -2.26. The van der Waals surface area contributed by atoms with Gasteiger partial charge in [0.1, 0.15) is 10.7 Å². The van der Waals surface area contributed by atoms with E-state index in [1.165, 1.54) is 18.3 Å². The minimum absolute atomic E-state index is 0.0913. The first-order chi connectivity index (χ1) is 14.7. The van der Waals surface area contributed by atoms with Crippen molar-refractivity contribution in [1.82, 2.24) is 0 Å². The van der Waals surface area contributed by atoms with Crippen molar-refractivity contribution in [3.05, 3.63) is 99.8 Å². The highest BCUT2D eigenvalue weighted by molar-refractivity contribution is 7.96. The third kappa shape index (κ3) is 3.68. The molecule has 1 aliphatic rings. The van der Waals surface area contributed by atoms with Crippen LogP contribution in [-0.2, 0) is 16.3 Å². The molecule has 0 fully saturated rings. The number of anilines is 2. The molecule has 0 saturated carbocycles. The van der Waals surface area contributed by atoms with Crippen LogP contribution in [0.5, 0.6) is 0 Å². The van der Waals surface area contributed by atoms with Crippen LogP contribution in [0.15, 0.2) is 76.7 Å². The number of allylic oxidation sites excluding steroid dienone is 1. The normalized spacial score (nSPS) is 14.7. The maximum Gasteiger partial charge on any atom is 0.214 e. The van der Waals surface area contributed by atoms with E-state index in [2.05, 4.69) is 0 Å². The van der Waals surface area contributed by atoms with Crippen molar-refractivity contribution in [3.63, 3.8) is 0 Å². The molecule has 0 unspecified atom stereocenters. The number of nitrogens with zero attached hydrogens (tertiary/aromatic N) is 1. The monoisotopic (exact) mass is 435 g/mol. The lowest BCUT2D eigenvalue weighted by atomic mass is 10.0. The zero-order valence-corrected chi connectivity index (χ0v) is 18.3. The fourth-order valence-electron chi connectivity index (χ4n) is 3.80. The Morgan fingerprint density at radius 3 is 2.48 bits per heavy atom. The van der Waals surface area contributed by atoms with Gasteiger partial charge in [0, 0.05) is 17.5 Å². The summed E-state index contributed by atoms with van der Waals surface area (Å²) < 4.78 is 40.8. The van der Waals surface area contributed by atoms with Gasteiger partial charge in [0.25, 0.3) is 0 Å². The van der Waals surface area contributed by atoms with Crippen LogP contribution in [0.3, 0.4) is 0 Å². The third-order valence-corrected chi connectivity index (χ3v) is 7.25. The Morgan fingerprint density at radius 2 is 1.77 bits per heavy atom. The van der Waals surface area contributed by atoms with E-state index in [9.17, 15) is 17.6 Å². The number of hydrogen-bond donors (Lipinski definition) is 0. The number of rotatable bonds is 4. The van der Waals surface area contributed by atoms with Crippen molar-refractivity contribution >= 4 is 27.0 Å². The number of carbonyl (C=O) groups excluding carboxylic acids is 1. The number of benzene rings is 3. The molecule has 6 heteroatoms. The molecule has 4 rings (SSSR count). The summed E-state index contributed by atoms with van der Waals surface area (Å²) in [4.78, 5) is 14.5. The minimum Gasteiger partial charge on any atom is -0.314 e. The van der Waals surface area contributed by atoms with Crippen molar-refractivity contribution in [2.24, 2.45) is 0 Å². The van der Waals surface area contributed by atoms with Crippen molar-refractivity contribution < 1.29 is 17.6 Å². The van der Waals surface area contributed by atoms with Crippen LogP contribution in [0.25, 0.3) is 0 Å². The highest BCUT2D eigenvalue weighted by atomic mass is 32.2. The van der Waals surface area contributed by atoms with Gasteiger partial charge in [0.05, 0.1) is 10.6 Å². The van der Waals surface area contributed by atoms with Crippen LogP contribution >= 0.6 is 0 Å². The third-order valence-electron chi connectivity index (χ3n) is 5.45. The van der Waals surface area contributed by atoms with Crippen molar-refractivity contribution in [2.75, 3.05) is 4.90 Å². The van der Waals surface area contributed by atoms with Crippen LogP contribution in [0.1, 0.15) is 34.0 Å². The molecule has 0 aromatic heterocycles. The number of carbonyl (C=O) groups is 1. The second-order valence-electron chi connectivity index (χ2n) is 7.65. The molecule has 158 valence electrons. The number of sulfone groups is 1. The van der Waals surface area contributed by atoms with E-state index in [1.807, 2.05) is 44.2 Å². The van der Waals surface area contributed by atoms with E-state index in [-0.39, 0.29) is 15.5 Å². The van der Waals surface area contributed by atoms with E-state index in [4.69, 9.17) is 0 Å². The van der Waals surface area contributed by atoms with E-state index in [1.54, 1.807) is 24.0 Å². The first-order valence-corrected chi connectivity index (χ1v) is 11.5. The number of aryl methyl sites for hydroxylation is 3. The first-order valence-electron chi connectivity index (χ1n) is 9.99. The van der Waals surface area contributed by atoms with Crippen LogP contribution in [0, 0.1) is 19.7 Å². The van der Waals surface area contributed by atoms with E-state index in [0.29, 0.717) is 16.8 Å². The molecule has 0 aliphatic carbocycles.